The molecule has 9 nitrogen and oxygen atoms in total. The fourth-order valence-electron chi connectivity index (χ4n) is 3.32. The lowest BCUT2D eigenvalue weighted by atomic mass is 10.3. The molecule has 0 atom stereocenters. The zero-order valence-electron chi connectivity index (χ0n) is 19.1. The summed E-state index contributed by atoms with van der Waals surface area (Å²) in [6, 6.07) is 14.5. The number of aryl methyl sites for hydroxylation is 1. The molecule has 2 aromatic carbocycles. The Labute approximate surface area is 191 Å². The average molecular weight is 447 g/mol. The van der Waals surface area contributed by atoms with Crippen LogP contribution in [0, 0.1) is 0 Å². The normalized spacial score (nSPS) is 10.7. The summed E-state index contributed by atoms with van der Waals surface area (Å²) >= 11 is 0. The van der Waals surface area contributed by atoms with E-state index in [-0.39, 0.29) is 5.91 Å². The quantitative estimate of drug-likeness (QED) is 0.453. The Morgan fingerprint density at radius 1 is 0.939 bits per heavy atom. The molecule has 0 fully saturated rings. The van der Waals surface area contributed by atoms with Crippen LogP contribution in [0.1, 0.15) is 10.5 Å². The van der Waals surface area contributed by atoms with Gasteiger partial charge in [-0.05, 0) is 18.2 Å². The summed E-state index contributed by atoms with van der Waals surface area (Å²) in [5.74, 6) is 2.94. The number of nitrogens with one attached hydrogen (secondary N) is 1. The summed E-state index contributed by atoms with van der Waals surface area (Å²) in [5, 5.41) is 3.31. The topological polar surface area (TPSA) is 90.7 Å². The summed E-state index contributed by atoms with van der Waals surface area (Å²) in [5.41, 5.74) is 2.79. The van der Waals surface area contributed by atoms with Crippen LogP contribution in [-0.4, -0.2) is 53.7 Å². The highest BCUT2D eigenvalue weighted by atomic mass is 16.5. The minimum absolute atomic E-state index is 0.189. The van der Waals surface area contributed by atoms with Gasteiger partial charge in [-0.2, -0.15) is 0 Å². The van der Waals surface area contributed by atoms with E-state index >= 15 is 0 Å². The van der Waals surface area contributed by atoms with E-state index in [1.54, 1.807) is 52.7 Å². The highest BCUT2D eigenvalue weighted by Gasteiger charge is 2.13. The smallest absolute Gasteiger partial charge is 0.272 e. The third-order valence-electron chi connectivity index (χ3n) is 5.05. The van der Waals surface area contributed by atoms with Crippen molar-refractivity contribution in [2.75, 3.05) is 33.6 Å². The Morgan fingerprint density at radius 3 is 2.30 bits per heavy atom. The molecule has 4 rings (SSSR count). The van der Waals surface area contributed by atoms with Gasteiger partial charge in [-0.15, -0.1) is 0 Å². The van der Waals surface area contributed by atoms with Crippen molar-refractivity contribution in [2.45, 2.75) is 0 Å². The number of aromatic nitrogens is 3. The van der Waals surface area contributed by atoms with Crippen molar-refractivity contribution in [3.8, 4) is 23.0 Å². The number of carbonyl (C=O) groups excluding carboxylic acids is 1. The Bertz CT molecular complexity index is 1290. The largest absolute Gasteiger partial charge is 0.497 e. The molecule has 0 saturated carbocycles. The highest BCUT2D eigenvalue weighted by Crippen LogP contribution is 2.31. The van der Waals surface area contributed by atoms with Crippen LogP contribution >= 0.6 is 0 Å². The van der Waals surface area contributed by atoms with E-state index in [0.717, 1.165) is 16.7 Å². The van der Waals surface area contributed by atoms with Crippen LogP contribution in [-0.2, 0) is 7.05 Å². The SMILES string of the molecule is COc1cc(Nc2nc3cc(Oc4ccnc(C(=O)N(C)C)c4)ccc3n2C)cc(OC)c1. The molecule has 1 amide bonds. The Kier molecular flexibility index (Phi) is 6.03. The van der Waals surface area contributed by atoms with Gasteiger partial charge in [0.05, 0.1) is 25.3 Å². The van der Waals surface area contributed by atoms with Crippen LogP contribution in [0.4, 0.5) is 11.6 Å². The summed E-state index contributed by atoms with van der Waals surface area (Å²) in [6.45, 7) is 0. The maximum Gasteiger partial charge on any atom is 0.272 e. The second-order valence-corrected chi connectivity index (χ2v) is 7.55. The average Bonchev–Trinajstić information content (AvgIpc) is 3.12. The van der Waals surface area contributed by atoms with Crippen LogP contribution in [0.5, 0.6) is 23.0 Å². The lowest BCUT2D eigenvalue weighted by molar-refractivity contribution is 0.0821. The van der Waals surface area contributed by atoms with Gasteiger partial charge in [0.15, 0.2) is 0 Å². The van der Waals surface area contributed by atoms with Gasteiger partial charge >= 0.3 is 0 Å². The first-order chi connectivity index (χ1) is 15.9. The molecule has 0 aliphatic rings. The summed E-state index contributed by atoms with van der Waals surface area (Å²) in [6.07, 6.45) is 1.55. The molecule has 2 aromatic heterocycles. The summed E-state index contributed by atoms with van der Waals surface area (Å²) in [4.78, 5) is 22.5. The van der Waals surface area contributed by atoms with Crippen molar-refractivity contribution in [2.24, 2.45) is 7.05 Å². The minimum atomic E-state index is -0.189. The number of benzene rings is 2. The van der Waals surface area contributed by atoms with Crippen LogP contribution in [0.25, 0.3) is 11.0 Å². The van der Waals surface area contributed by atoms with Gasteiger partial charge in [0.1, 0.15) is 28.7 Å². The third-order valence-corrected chi connectivity index (χ3v) is 5.05. The monoisotopic (exact) mass is 447 g/mol. The lowest BCUT2D eigenvalue weighted by Gasteiger charge is -2.11. The number of methoxy groups -OCH3 is 2. The van der Waals surface area contributed by atoms with Crippen LogP contribution in [0.15, 0.2) is 54.7 Å². The fourth-order valence-corrected chi connectivity index (χ4v) is 3.32. The molecule has 0 bridgehead atoms. The van der Waals surface area contributed by atoms with E-state index in [4.69, 9.17) is 19.2 Å². The van der Waals surface area contributed by atoms with Crippen molar-refractivity contribution in [1.82, 2.24) is 19.4 Å². The zero-order chi connectivity index (χ0) is 23.5. The van der Waals surface area contributed by atoms with Gasteiger partial charge in [-0.25, -0.2) is 4.98 Å². The predicted molar refractivity (Wildman–Crippen MR) is 126 cm³/mol. The van der Waals surface area contributed by atoms with Crippen LogP contribution in [0.3, 0.4) is 0 Å². The van der Waals surface area contributed by atoms with E-state index in [1.807, 2.05) is 41.9 Å². The van der Waals surface area contributed by atoms with Gasteiger partial charge < -0.3 is 29.0 Å². The molecule has 9 heteroatoms. The van der Waals surface area contributed by atoms with Crippen LogP contribution < -0.4 is 19.5 Å². The number of imidazole rings is 1. The molecule has 2 heterocycles. The first kappa shape index (κ1) is 21.9. The molecule has 0 saturated heterocycles. The Balaban J connectivity index is 1.60. The first-order valence-electron chi connectivity index (χ1n) is 10.2. The summed E-state index contributed by atoms with van der Waals surface area (Å²) < 4.78 is 18.6. The van der Waals surface area contributed by atoms with Crippen molar-refractivity contribution < 1.29 is 19.0 Å². The third kappa shape index (κ3) is 4.67. The molecule has 0 spiro atoms. The standard InChI is InChI=1S/C24H25N5O4/c1-28(2)23(30)21-14-17(8-9-25-21)33-16-6-7-22-20(13-16)27-24(29(22)3)26-15-10-18(31-4)12-19(11-15)32-5/h6-14H,1-5H3,(H,26,27). The van der Waals surface area contributed by atoms with Gasteiger partial charge in [-0.1, -0.05) is 0 Å². The molecule has 4 aromatic rings. The number of fused-ring (bicyclic) bond motifs is 1. The van der Waals surface area contributed by atoms with Gasteiger partial charge in [0, 0.05) is 63.4 Å². The Hall–Kier alpha value is -4.27. The number of nitrogens with zero attached hydrogens (tertiary/aromatic N) is 4. The fraction of sp³-hybridized carbons (Fsp3) is 0.208. The summed E-state index contributed by atoms with van der Waals surface area (Å²) in [7, 11) is 8.51. The number of hydrogen-bond acceptors (Lipinski definition) is 7. The van der Waals surface area contributed by atoms with E-state index in [1.165, 1.54) is 4.90 Å². The molecule has 170 valence electrons. The Morgan fingerprint density at radius 2 is 1.64 bits per heavy atom. The second kappa shape index (κ2) is 9.07. The van der Waals surface area contributed by atoms with Gasteiger partial charge in [0.2, 0.25) is 5.95 Å². The number of ether oxygens (including phenoxy) is 3. The molecule has 0 radical (unpaired) electrons. The van der Waals surface area contributed by atoms with Crippen molar-refractivity contribution in [3.05, 3.63) is 60.4 Å². The molecule has 33 heavy (non-hydrogen) atoms. The maximum atomic E-state index is 12.2. The highest BCUT2D eigenvalue weighted by molar-refractivity contribution is 5.92. The second-order valence-electron chi connectivity index (χ2n) is 7.55. The van der Waals surface area contributed by atoms with E-state index in [0.29, 0.717) is 34.6 Å². The molecule has 0 unspecified atom stereocenters. The number of carbonyl (C=O) groups is 1. The molecule has 1 N–H and O–H groups in total. The van der Waals surface area contributed by atoms with Crippen molar-refractivity contribution >= 4 is 28.6 Å². The van der Waals surface area contributed by atoms with Gasteiger partial charge in [-0.3, -0.25) is 9.78 Å². The first-order valence-corrected chi connectivity index (χ1v) is 10.2. The number of hydrogen-bond donors (Lipinski definition) is 1. The zero-order valence-corrected chi connectivity index (χ0v) is 19.1. The van der Waals surface area contributed by atoms with Gasteiger partial charge in [0.25, 0.3) is 5.91 Å². The van der Waals surface area contributed by atoms with E-state index in [2.05, 4.69) is 10.3 Å². The molecule has 0 aliphatic heterocycles. The van der Waals surface area contributed by atoms with Crippen LogP contribution in [0.2, 0.25) is 0 Å². The number of anilines is 2. The van der Waals surface area contributed by atoms with E-state index in [9.17, 15) is 4.79 Å². The molecular formula is C24H25N5O4. The lowest BCUT2D eigenvalue weighted by Crippen LogP contribution is -2.22. The number of rotatable bonds is 7. The predicted octanol–water partition coefficient (Wildman–Crippen LogP) is 4.22. The molecule has 0 aliphatic carbocycles. The maximum absolute atomic E-state index is 12.2. The van der Waals surface area contributed by atoms with E-state index < -0.39 is 0 Å². The number of amides is 1. The number of pyridine rings is 1. The van der Waals surface area contributed by atoms with Crippen molar-refractivity contribution in [3.63, 3.8) is 0 Å². The van der Waals surface area contributed by atoms with Crippen molar-refractivity contribution in [1.29, 1.82) is 0 Å². The minimum Gasteiger partial charge on any atom is -0.497 e. The molecular weight excluding hydrogens is 422 g/mol.